The van der Waals surface area contributed by atoms with E-state index < -0.39 is 0 Å². The Morgan fingerprint density at radius 2 is 1.62 bits per heavy atom. The fraction of sp³-hybridized carbons (Fsp3) is 0.417. The first-order chi connectivity index (χ1) is 14.2. The molecule has 0 bridgehead atoms. The molecule has 0 aromatic heterocycles. The van der Waals surface area contributed by atoms with Crippen molar-refractivity contribution in [3.8, 4) is 5.75 Å². The van der Waals surface area contributed by atoms with Crippen LogP contribution >= 0.6 is 0 Å². The number of amides is 2. The van der Waals surface area contributed by atoms with Gasteiger partial charge in [0, 0.05) is 32.1 Å². The lowest BCUT2D eigenvalue weighted by Gasteiger charge is -2.34. The van der Waals surface area contributed by atoms with Crippen LogP contribution in [0, 0.1) is 5.92 Å². The lowest BCUT2D eigenvalue weighted by atomic mass is 9.94. The van der Waals surface area contributed by atoms with E-state index in [1.165, 1.54) is 0 Å². The summed E-state index contributed by atoms with van der Waals surface area (Å²) in [5.74, 6) is 1.09. The number of nitrogens with zero attached hydrogens (tertiary/aromatic N) is 2. The molecular weight excluding hydrogens is 364 g/mol. The van der Waals surface area contributed by atoms with Crippen molar-refractivity contribution < 1.29 is 14.3 Å². The minimum Gasteiger partial charge on any atom is -0.493 e. The van der Waals surface area contributed by atoms with Crippen molar-refractivity contribution in [2.24, 2.45) is 5.92 Å². The van der Waals surface area contributed by atoms with Gasteiger partial charge in [-0.25, -0.2) is 0 Å². The van der Waals surface area contributed by atoms with Crippen molar-refractivity contribution in [2.75, 3.05) is 26.2 Å². The first-order valence-corrected chi connectivity index (χ1v) is 10.5. The van der Waals surface area contributed by atoms with Crippen molar-refractivity contribution in [3.63, 3.8) is 0 Å². The summed E-state index contributed by atoms with van der Waals surface area (Å²) < 4.78 is 5.62. The maximum Gasteiger partial charge on any atom is 0.226 e. The van der Waals surface area contributed by atoms with Crippen molar-refractivity contribution in [1.29, 1.82) is 0 Å². The highest BCUT2D eigenvalue weighted by Gasteiger charge is 2.29. The lowest BCUT2D eigenvalue weighted by molar-refractivity contribution is -0.141. The largest absolute Gasteiger partial charge is 0.493 e. The first kappa shape index (κ1) is 20.9. The molecule has 154 valence electrons. The van der Waals surface area contributed by atoms with Crippen molar-refractivity contribution in [3.05, 3.63) is 66.2 Å². The van der Waals surface area contributed by atoms with Crippen molar-refractivity contribution in [2.45, 2.75) is 32.7 Å². The molecule has 2 amide bonds. The molecule has 2 aromatic rings. The second-order valence-corrected chi connectivity index (χ2v) is 7.40. The molecule has 2 aromatic carbocycles. The molecule has 0 radical (unpaired) electrons. The predicted octanol–water partition coefficient (Wildman–Crippen LogP) is 3.74. The molecule has 0 N–H and O–H groups in total. The van der Waals surface area contributed by atoms with Gasteiger partial charge in [-0.05, 0) is 37.5 Å². The van der Waals surface area contributed by atoms with E-state index in [1.54, 1.807) is 0 Å². The van der Waals surface area contributed by atoms with E-state index in [2.05, 4.69) is 12.1 Å². The predicted molar refractivity (Wildman–Crippen MR) is 113 cm³/mol. The summed E-state index contributed by atoms with van der Waals surface area (Å²) >= 11 is 0. The van der Waals surface area contributed by atoms with Crippen LogP contribution in [0.4, 0.5) is 0 Å². The number of piperidine rings is 1. The number of carbonyl (C=O) groups is 2. The molecular formula is C24H30N2O3. The molecule has 0 atom stereocenters. The topological polar surface area (TPSA) is 49.9 Å². The summed E-state index contributed by atoms with van der Waals surface area (Å²) in [5.41, 5.74) is 1.15. The van der Waals surface area contributed by atoms with Gasteiger partial charge in [-0.3, -0.25) is 9.59 Å². The highest BCUT2D eigenvalue weighted by molar-refractivity contribution is 5.80. The Bertz CT molecular complexity index is 771. The van der Waals surface area contributed by atoms with E-state index in [-0.39, 0.29) is 17.7 Å². The molecule has 0 unspecified atom stereocenters. The SMILES string of the molecule is CCN(Cc1ccccc1)C(=O)C1CCN(C(=O)CCOc2ccccc2)CC1. The molecule has 1 aliphatic heterocycles. The number of ether oxygens (including phenoxy) is 1. The summed E-state index contributed by atoms with van der Waals surface area (Å²) in [7, 11) is 0. The number of carbonyl (C=O) groups excluding carboxylic acids is 2. The van der Waals surface area contributed by atoms with Crippen LogP contribution in [0.25, 0.3) is 0 Å². The van der Waals surface area contributed by atoms with Crippen LogP contribution in [-0.2, 0) is 16.1 Å². The van der Waals surface area contributed by atoms with Crippen LogP contribution in [0.5, 0.6) is 5.75 Å². The zero-order valence-electron chi connectivity index (χ0n) is 17.1. The van der Waals surface area contributed by atoms with Gasteiger partial charge >= 0.3 is 0 Å². The van der Waals surface area contributed by atoms with Gasteiger partial charge in [0.25, 0.3) is 0 Å². The summed E-state index contributed by atoms with van der Waals surface area (Å²) in [4.78, 5) is 29.2. The number of benzene rings is 2. The zero-order chi connectivity index (χ0) is 20.5. The normalized spacial score (nSPS) is 14.4. The number of para-hydroxylation sites is 1. The first-order valence-electron chi connectivity index (χ1n) is 10.5. The summed E-state index contributed by atoms with van der Waals surface area (Å²) in [6.07, 6.45) is 1.83. The Morgan fingerprint density at radius 1 is 1.00 bits per heavy atom. The number of hydrogen-bond acceptors (Lipinski definition) is 3. The van der Waals surface area contributed by atoms with Gasteiger partial charge in [0.15, 0.2) is 0 Å². The van der Waals surface area contributed by atoms with Crippen molar-refractivity contribution >= 4 is 11.8 Å². The van der Waals surface area contributed by atoms with Gasteiger partial charge in [-0.15, -0.1) is 0 Å². The van der Waals surface area contributed by atoms with E-state index in [4.69, 9.17) is 4.74 Å². The molecule has 1 aliphatic rings. The van der Waals surface area contributed by atoms with E-state index >= 15 is 0 Å². The number of rotatable bonds is 8. The quantitative estimate of drug-likeness (QED) is 0.685. The Labute approximate surface area is 173 Å². The number of likely N-dealkylation sites (tertiary alicyclic amines) is 1. The number of hydrogen-bond donors (Lipinski definition) is 0. The molecule has 5 heteroatoms. The smallest absolute Gasteiger partial charge is 0.226 e. The van der Waals surface area contributed by atoms with Gasteiger partial charge in [-0.1, -0.05) is 48.5 Å². The molecule has 3 rings (SSSR count). The second kappa shape index (κ2) is 10.6. The fourth-order valence-electron chi connectivity index (χ4n) is 3.71. The Hall–Kier alpha value is -2.82. The summed E-state index contributed by atoms with van der Waals surface area (Å²) in [5, 5.41) is 0. The third kappa shape index (κ3) is 6.08. The highest BCUT2D eigenvalue weighted by Crippen LogP contribution is 2.21. The summed E-state index contributed by atoms with van der Waals surface area (Å²) in [6.45, 7) is 5.03. The van der Waals surface area contributed by atoms with Gasteiger partial charge in [0.1, 0.15) is 5.75 Å². The third-order valence-corrected chi connectivity index (χ3v) is 5.43. The summed E-state index contributed by atoms with van der Waals surface area (Å²) in [6, 6.07) is 19.6. The van der Waals surface area contributed by atoms with Gasteiger partial charge in [0.2, 0.25) is 11.8 Å². The van der Waals surface area contributed by atoms with Crippen LogP contribution < -0.4 is 4.74 Å². The van der Waals surface area contributed by atoms with Crippen LogP contribution in [0.1, 0.15) is 31.7 Å². The van der Waals surface area contributed by atoms with E-state index in [0.29, 0.717) is 39.2 Å². The molecule has 1 heterocycles. The second-order valence-electron chi connectivity index (χ2n) is 7.40. The van der Waals surface area contributed by atoms with Crippen LogP contribution in [0.3, 0.4) is 0 Å². The fourth-order valence-corrected chi connectivity index (χ4v) is 3.71. The van der Waals surface area contributed by atoms with Crippen LogP contribution in [0.2, 0.25) is 0 Å². The molecule has 29 heavy (non-hydrogen) atoms. The molecule has 0 aliphatic carbocycles. The molecule has 0 saturated carbocycles. The minimum absolute atomic E-state index is 0.00304. The molecule has 5 nitrogen and oxygen atoms in total. The minimum atomic E-state index is 0.00304. The Balaban J connectivity index is 1.42. The van der Waals surface area contributed by atoms with E-state index in [1.807, 2.05) is 65.3 Å². The van der Waals surface area contributed by atoms with Gasteiger partial charge < -0.3 is 14.5 Å². The maximum absolute atomic E-state index is 12.9. The average molecular weight is 395 g/mol. The highest BCUT2D eigenvalue weighted by atomic mass is 16.5. The van der Waals surface area contributed by atoms with Gasteiger partial charge in [-0.2, -0.15) is 0 Å². The monoisotopic (exact) mass is 394 g/mol. The Kier molecular flexibility index (Phi) is 7.68. The molecule has 0 spiro atoms. The van der Waals surface area contributed by atoms with E-state index in [0.717, 1.165) is 24.2 Å². The zero-order valence-corrected chi connectivity index (χ0v) is 17.1. The van der Waals surface area contributed by atoms with E-state index in [9.17, 15) is 9.59 Å². The average Bonchev–Trinajstić information content (AvgIpc) is 2.78. The maximum atomic E-state index is 12.9. The Morgan fingerprint density at radius 3 is 2.24 bits per heavy atom. The molecule has 1 saturated heterocycles. The van der Waals surface area contributed by atoms with Crippen molar-refractivity contribution in [1.82, 2.24) is 9.80 Å². The van der Waals surface area contributed by atoms with Gasteiger partial charge in [0.05, 0.1) is 13.0 Å². The molecule has 1 fully saturated rings. The third-order valence-electron chi connectivity index (χ3n) is 5.43. The lowest BCUT2D eigenvalue weighted by Crippen LogP contribution is -2.44. The standard InChI is InChI=1S/C24H30N2O3/c1-2-25(19-20-9-5-3-6-10-20)24(28)21-13-16-26(17-14-21)23(27)15-18-29-22-11-7-4-8-12-22/h3-12,21H,2,13-19H2,1H3. The van der Waals surface area contributed by atoms with Crippen LogP contribution in [-0.4, -0.2) is 47.9 Å². The van der Waals surface area contributed by atoms with Crippen LogP contribution in [0.15, 0.2) is 60.7 Å².